The highest BCUT2D eigenvalue weighted by molar-refractivity contribution is 7.92. The maximum Gasteiger partial charge on any atom is 0.232 e. The summed E-state index contributed by atoms with van der Waals surface area (Å²) in [5.74, 6) is 1.66. The number of rotatable bonds is 8. The molecule has 0 bridgehead atoms. The number of hydrogen-bond donors (Lipinski definition) is 1. The number of nitrogens with one attached hydrogen (secondary N) is 1. The number of fused-ring (bicyclic) bond motifs is 1. The van der Waals surface area contributed by atoms with Crippen molar-refractivity contribution in [2.24, 2.45) is 0 Å². The van der Waals surface area contributed by atoms with Gasteiger partial charge in [0.1, 0.15) is 5.75 Å². The van der Waals surface area contributed by atoms with E-state index in [4.69, 9.17) is 14.2 Å². The van der Waals surface area contributed by atoms with E-state index < -0.39 is 10.0 Å². The van der Waals surface area contributed by atoms with Crippen LogP contribution in [0, 0.1) is 0 Å². The van der Waals surface area contributed by atoms with E-state index in [0.717, 1.165) is 6.26 Å². The molecule has 1 aliphatic rings. The van der Waals surface area contributed by atoms with Crippen LogP contribution in [0.1, 0.15) is 12.8 Å². The molecule has 1 N–H and O–H groups in total. The van der Waals surface area contributed by atoms with E-state index in [1.54, 1.807) is 49.6 Å². The molecule has 3 rings (SSSR count). The zero-order chi connectivity index (χ0) is 20.1. The summed E-state index contributed by atoms with van der Waals surface area (Å²) in [5, 5.41) is 2.78. The lowest BCUT2D eigenvalue weighted by molar-refractivity contribution is -0.116. The summed E-state index contributed by atoms with van der Waals surface area (Å²) in [6, 6.07) is 11.9. The highest BCUT2D eigenvalue weighted by Gasteiger charge is 2.18. The monoisotopic (exact) mass is 406 g/mol. The topological polar surface area (TPSA) is 94.2 Å². The predicted octanol–water partition coefficient (Wildman–Crippen LogP) is 2.61. The standard InChI is InChI=1S/C19H22N2O6S/c1-25-16-8-6-15(7-9-16)21(28(2,23)24)11-3-4-19(22)20-14-5-10-17-18(12-14)27-13-26-17/h5-10,12H,3-4,11,13H2,1-2H3,(H,20,22). The molecule has 0 unspecified atom stereocenters. The van der Waals surface area contributed by atoms with E-state index in [0.29, 0.717) is 35.0 Å². The Morgan fingerprint density at radius 1 is 1.14 bits per heavy atom. The molecule has 0 aromatic heterocycles. The fourth-order valence-corrected chi connectivity index (χ4v) is 3.78. The normalized spacial score (nSPS) is 12.5. The van der Waals surface area contributed by atoms with Crippen molar-refractivity contribution >= 4 is 27.3 Å². The lowest BCUT2D eigenvalue weighted by Gasteiger charge is -2.22. The van der Waals surface area contributed by atoms with Crippen LogP contribution in [0.4, 0.5) is 11.4 Å². The minimum Gasteiger partial charge on any atom is -0.497 e. The summed E-state index contributed by atoms with van der Waals surface area (Å²) in [4.78, 5) is 12.2. The van der Waals surface area contributed by atoms with Crippen molar-refractivity contribution in [2.75, 3.05) is 36.3 Å². The molecule has 150 valence electrons. The molecule has 1 heterocycles. The van der Waals surface area contributed by atoms with Gasteiger partial charge < -0.3 is 19.5 Å². The van der Waals surface area contributed by atoms with Gasteiger partial charge in [-0.3, -0.25) is 9.10 Å². The first-order chi connectivity index (χ1) is 13.4. The van der Waals surface area contributed by atoms with Crippen LogP contribution >= 0.6 is 0 Å². The molecule has 0 spiro atoms. The van der Waals surface area contributed by atoms with Gasteiger partial charge in [-0.2, -0.15) is 0 Å². The zero-order valence-electron chi connectivity index (χ0n) is 15.7. The SMILES string of the molecule is COc1ccc(N(CCCC(=O)Nc2ccc3c(c2)OCO3)S(C)(=O)=O)cc1. The van der Waals surface area contributed by atoms with Crippen LogP contribution in [-0.2, 0) is 14.8 Å². The van der Waals surface area contributed by atoms with Gasteiger partial charge in [0, 0.05) is 24.7 Å². The number of hydrogen-bond acceptors (Lipinski definition) is 6. The number of carbonyl (C=O) groups is 1. The molecule has 8 nitrogen and oxygen atoms in total. The predicted molar refractivity (Wildman–Crippen MR) is 106 cm³/mol. The summed E-state index contributed by atoms with van der Waals surface area (Å²) in [5.41, 5.74) is 1.13. The van der Waals surface area contributed by atoms with E-state index in [2.05, 4.69) is 5.32 Å². The average molecular weight is 406 g/mol. The van der Waals surface area contributed by atoms with Crippen LogP contribution in [0.5, 0.6) is 17.2 Å². The lowest BCUT2D eigenvalue weighted by atomic mass is 10.2. The van der Waals surface area contributed by atoms with Gasteiger partial charge in [0.2, 0.25) is 22.7 Å². The van der Waals surface area contributed by atoms with Crippen LogP contribution in [0.15, 0.2) is 42.5 Å². The number of amides is 1. The molecule has 0 saturated carbocycles. The molecule has 0 fully saturated rings. The third-order valence-corrected chi connectivity index (χ3v) is 5.38. The van der Waals surface area contributed by atoms with Gasteiger partial charge >= 0.3 is 0 Å². The zero-order valence-corrected chi connectivity index (χ0v) is 16.5. The molecular formula is C19H22N2O6S. The minimum atomic E-state index is -3.47. The summed E-state index contributed by atoms with van der Waals surface area (Å²) in [7, 11) is -1.93. The number of anilines is 2. The molecule has 2 aromatic rings. The minimum absolute atomic E-state index is 0.166. The summed E-state index contributed by atoms with van der Waals surface area (Å²) >= 11 is 0. The van der Waals surface area contributed by atoms with Gasteiger partial charge in [-0.05, 0) is 42.8 Å². The fourth-order valence-electron chi connectivity index (χ4n) is 2.82. The van der Waals surface area contributed by atoms with Crippen molar-refractivity contribution in [1.29, 1.82) is 0 Å². The highest BCUT2D eigenvalue weighted by atomic mass is 32.2. The molecule has 2 aromatic carbocycles. The molecule has 0 atom stereocenters. The quantitative estimate of drug-likeness (QED) is 0.724. The molecule has 28 heavy (non-hydrogen) atoms. The highest BCUT2D eigenvalue weighted by Crippen LogP contribution is 2.34. The molecule has 9 heteroatoms. The van der Waals surface area contributed by atoms with Gasteiger partial charge in [0.25, 0.3) is 0 Å². The molecule has 0 saturated heterocycles. The van der Waals surface area contributed by atoms with Gasteiger partial charge in [-0.1, -0.05) is 0 Å². The number of methoxy groups -OCH3 is 1. The third kappa shape index (κ3) is 4.86. The Balaban J connectivity index is 1.57. The molecule has 0 aliphatic carbocycles. The van der Waals surface area contributed by atoms with Crippen molar-refractivity contribution in [3.63, 3.8) is 0 Å². The molecule has 1 amide bonds. The van der Waals surface area contributed by atoms with Gasteiger partial charge in [-0.15, -0.1) is 0 Å². The Morgan fingerprint density at radius 3 is 2.54 bits per heavy atom. The second-order valence-electron chi connectivity index (χ2n) is 6.25. The maximum absolute atomic E-state index is 12.2. The van der Waals surface area contributed by atoms with Gasteiger partial charge in [0.15, 0.2) is 11.5 Å². The van der Waals surface area contributed by atoms with Crippen molar-refractivity contribution in [1.82, 2.24) is 0 Å². The van der Waals surface area contributed by atoms with E-state index in [1.807, 2.05) is 0 Å². The van der Waals surface area contributed by atoms with E-state index in [9.17, 15) is 13.2 Å². The number of benzene rings is 2. The second kappa shape index (κ2) is 8.39. The molecule has 1 aliphatic heterocycles. The number of ether oxygens (including phenoxy) is 3. The summed E-state index contributed by atoms with van der Waals surface area (Å²) in [6.45, 7) is 0.360. The largest absolute Gasteiger partial charge is 0.497 e. The first kappa shape index (κ1) is 19.8. The summed E-state index contributed by atoms with van der Waals surface area (Å²) < 4.78 is 41.1. The van der Waals surface area contributed by atoms with Crippen LogP contribution in [0.25, 0.3) is 0 Å². The Morgan fingerprint density at radius 2 is 1.86 bits per heavy atom. The Labute approximate surface area is 164 Å². The van der Waals surface area contributed by atoms with E-state index >= 15 is 0 Å². The van der Waals surface area contributed by atoms with Crippen molar-refractivity contribution in [2.45, 2.75) is 12.8 Å². The van der Waals surface area contributed by atoms with Crippen LogP contribution in [0.3, 0.4) is 0 Å². The van der Waals surface area contributed by atoms with Gasteiger partial charge in [-0.25, -0.2) is 8.42 Å². The Kier molecular flexibility index (Phi) is 5.93. The number of sulfonamides is 1. The van der Waals surface area contributed by atoms with Crippen molar-refractivity contribution < 1.29 is 27.4 Å². The number of nitrogens with zero attached hydrogens (tertiary/aromatic N) is 1. The number of carbonyl (C=O) groups excluding carboxylic acids is 1. The Bertz CT molecular complexity index is 943. The van der Waals surface area contributed by atoms with Crippen LogP contribution < -0.4 is 23.8 Å². The fraction of sp³-hybridized carbons (Fsp3) is 0.316. The Hall–Kier alpha value is -2.94. The first-order valence-electron chi connectivity index (χ1n) is 8.68. The lowest BCUT2D eigenvalue weighted by Crippen LogP contribution is -2.31. The van der Waals surface area contributed by atoms with E-state index in [-0.39, 0.29) is 25.7 Å². The molecular weight excluding hydrogens is 384 g/mol. The van der Waals surface area contributed by atoms with Crippen LogP contribution in [-0.4, -0.2) is 41.0 Å². The third-order valence-electron chi connectivity index (χ3n) is 4.18. The van der Waals surface area contributed by atoms with Gasteiger partial charge in [0.05, 0.1) is 19.1 Å². The summed E-state index contributed by atoms with van der Waals surface area (Å²) in [6.07, 6.45) is 1.69. The first-order valence-corrected chi connectivity index (χ1v) is 10.5. The average Bonchev–Trinajstić information content (AvgIpc) is 3.12. The second-order valence-corrected chi connectivity index (χ2v) is 8.16. The van der Waals surface area contributed by atoms with Crippen LogP contribution in [0.2, 0.25) is 0 Å². The van der Waals surface area contributed by atoms with E-state index in [1.165, 1.54) is 4.31 Å². The smallest absolute Gasteiger partial charge is 0.232 e. The maximum atomic E-state index is 12.2. The van der Waals surface area contributed by atoms with Crippen molar-refractivity contribution in [3.05, 3.63) is 42.5 Å². The van der Waals surface area contributed by atoms with Crippen molar-refractivity contribution in [3.8, 4) is 17.2 Å². The molecule has 0 radical (unpaired) electrons.